The molecule has 1 saturated heterocycles. The summed E-state index contributed by atoms with van der Waals surface area (Å²) in [5.41, 5.74) is 1.93. The maximum atomic E-state index is 13.4. The van der Waals surface area contributed by atoms with E-state index in [1.807, 2.05) is 6.07 Å². The number of aromatic nitrogens is 3. The Morgan fingerprint density at radius 2 is 2.00 bits per heavy atom. The minimum atomic E-state index is -3.75. The number of nitrogens with zero attached hydrogens (tertiary/aromatic N) is 3. The number of H-pyrrole nitrogens is 1. The van der Waals surface area contributed by atoms with Crippen LogP contribution in [0.3, 0.4) is 0 Å². The molecule has 2 aliphatic heterocycles. The van der Waals surface area contributed by atoms with Gasteiger partial charge < -0.3 is 18.9 Å². The van der Waals surface area contributed by atoms with Crippen molar-refractivity contribution in [3.05, 3.63) is 35.1 Å². The molecular weight excluding hydrogens is 438 g/mol. The molecule has 0 spiro atoms. The highest BCUT2D eigenvalue weighted by Gasteiger charge is 2.45. The average Bonchev–Trinajstić information content (AvgIpc) is 3.29. The van der Waals surface area contributed by atoms with Crippen molar-refractivity contribution in [2.75, 3.05) is 18.0 Å². The largest absolute Gasteiger partial charge is 0.609 e. The first-order valence-electron chi connectivity index (χ1n) is 9.46. The molecule has 3 aromatic rings. The Labute approximate surface area is 178 Å². The lowest BCUT2D eigenvalue weighted by Gasteiger charge is -2.29. The van der Waals surface area contributed by atoms with Crippen molar-refractivity contribution in [1.29, 1.82) is 0 Å². The summed E-state index contributed by atoms with van der Waals surface area (Å²) < 4.78 is 48.7. The van der Waals surface area contributed by atoms with Gasteiger partial charge in [0, 0.05) is 30.5 Å². The highest BCUT2D eigenvalue weighted by atomic mass is 35.5. The van der Waals surface area contributed by atoms with Crippen LogP contribution in [0.2, 0.25) is 5.02 Å². The second-order valence-corrected chi connectivity index (χ2v) is 8.87. The van der Waals surface area contributed by atoms with Gasteiger partial charge in [0.25, 0.3) is 0 Å². The predicted molar refractivity (Wildman–Crippen MR) is 108 cm³/mol. The molecule has 0 amide bonds. The zero-order chi connectivity index (χ0) is 20.9. The van der Waals surface area contributed by atoms with Gasteiger partial charge in [-0.1, -0.05) is 11.6 Å². The Balaban J connectivity index is 1.41. The third-order valence-corrected chi connectivity index (χ3v) is 6.69. The Kier molecular flexibility index (Phi) is 4.87. The van der Waals surface area contributed by atoms with Gasteiger partial charge in [-0.15, -0.1) is 8.78 Å². The van der Waals surface area contributed by atoms with Gasteiger partial charge in [-0.25, -0.2) is 0 Å². The number of pyridine rings is 1. The summed E-state index contributed by atoms with van der Waals surface area (Å²) in [6.07, 6.45) is 1.32. The van der Waals surface area contributed by atoms with E-state index in [-0.39, 0.29) is 27.9 Å². The molecule has 0 saturated carbocycles. The Morgan fingerprint density at radius 3 is 2.80 bits per heavy atom. The highest BCUT2D eigenvalue weighted by Crippen LogP contribution is 2.45. The number of fused-ring (bicyclic) bond motifs is 3. The van der Waals surface area contributed by atoms with Crippen LogP contribution in [-0.4, -0.2) is 38.9 Å². The van der Waals surface area contributed by atoms with E-state index in [9.17, 15) is 13.3 Å². The zero-order valence-electron chi connectivity index (χ0n) is 15.7. The maximum Gasteiger partial charge on any atom is 0.586 e. The molecule has 2 aromatic heterocycles. The number of imidazole rings is 1. The van der Waals surface area contributed by atoms with Crippen LogP contribution in [0.4, 0.5) is 14.5 Å². The van der Waals surface area contributed by atoms with Gasteiger partial charge in [0.2, 0.25) is 5.75 Å². The molecule has 1 unspecified atom stereocenters. The summed E-state index contributed by atoms with van der Waals surface area (Å²) in [6.45, 7) is 1.85. The van der Waals surface area contributed by atoms with Crippen molar-refractivity contribution in [1.82, 2.24) is 15.0 Å². The normalized spacial score (nSPS) is 18.7. The minimum Gasteiger partial charge on any atom is -0.609 e. The van der Waals surface area contributed by atoms with E-state index >= 15 is 0 Å². The Hall–Kier alpha value is -2.30. The number of ether oxygens (including phenoxy) is 2. The number of nitrogens with one attached hydrogen (secondary N) is 1. The van der Waals surface area contributed by atoms with Crippen LogP contribution in [0.5, 0.6) is 11.5 Å². The quantitative estimate of drug-likeness (QED) is 0.594. The molecule has 30 heavy (non-hydrogen) atoms. The summed E-state index contributed by atoms with van der Waals surface area (Å²) in [5, 5.41) is 0.597. The van der Waals surface area contributed by atoms with E-state index in [4.69, 9.17) is 11.6 Å². The topological polar surface area (TPSA) is 86.3 Å². The van der Waals surface area contributed by atoms with E-state index in [1.54, 1.807) is 6.20 Å². The number of alkyl halides is 2. The third-order valence-electron chi connectivity index (χ3n) is 5.12. The summed E-state index contributed by atoms with van der Waals surface area (Å²) in [6, 6.07) is 4.74. The van der Waals surface area contributed by atoms with Crippen LogP contribution in [-0.2, 0) is 16.9 Å². The van der Waals surface area contributed by atoms with Crippen molar-refractivity contribution in [2.24, 2.45) is 0 Å². The van der Waals surface area contributed by atoms with E-state index in [0.717, 1.165) is 31.6 Å². The second kappa shape index (κ2) is 7.44. The molecule has 158 valence electrons. The smallest absolute Gasteiger partial charge is 0.586 e. The fourth-order valence-corrected chi connectivity index (χ4v) is 5.11. The molecule has 2 aliphatic rings. The third kappa shape index (κ3) is 3.52. The van der Waals surface area contributed by atoms with Crippen LogP contribution in [0, 0.1) is 0 Å². The molecule has 0 aliphatic carbocycles. The summed E-state index contributed by atoms with van der Waals surface area (Å²) in [4.78, 5) is 13.6. The first kappa shape index (κ1) is 19.7. The molecule has 1 fully saturated rings. The highest BCUT2D eigenvalue weighted by molar-refractivity contribution is 7.90. The van der Waals surface area contributed by atoms with Gasteiger partial charge in [-0.3, -0.25) is 9.97 Å². The first-order valence-corrected chi connectivity index (χ1v) is 11.2. The first-order chi connectivity index (χ1) is 14.4. The number of rotatable bonds is 4. The standard InChI is InChI=1S/C19H17ClF2N4O3S/c20-15-12(23-7-6-13(15)26-8-2-1-3-9-26)10-30(27)18-24-11-4-5-14-17(16(11)25-18)29-19(21,22)28-14/h4-7H,1-3,8-10H2,(H,24,25). The zero-order valence-corrected chi connectivity index (χ0v) is 17.2. The molecule has 1 N–H and O–H groups in total. The Morgan fingerprint density at radius 1 is 1.20 bits per heavy atom. The molecule has 11 heteroatoms. The lowest BCUT2D eigenvalue weighted by molar-refractivity contribution is -0.286. The van der Waals surface area contributed by atoms with Crippen molar-refractivity contribution in [2.45, 2.75) is 36.5 Å². The lowest BCUT2D eigenvalue weighted by Crippen LogP contribution is -2.29. The van der Waals surface area contributed by atoms with E-state index < -0.39 is 17.5 Å². The van der Waals surface area contributed by atoms with Gasteiger partial charge in [-0.05, 0) is 37.5 Å². The average molecular weight is 455 g/mol. The fraction of sp³-hybridized carbons (Fsp3) is 0.368. The second-order valence-electron chi connectivity index (χ2n) is 7.13. The van der Waals surface area contributed by atoms with Crippen molar-refractivity contribution < 1.29 is 22.8 Å². The molecule has 0 bridgehead atoms. The van der Waals surface area contributed by atoms with Crippen molar-refractivity contribution in [3.63, 3.8) is 0 Å². The van der Waals surface area contributed by atoms with E-state index in [1.165, 1.54) is 18.6 Å². The van der Waals surface area contributed by atoms with E-state index in [2.05, 4.69) is 29.3 Å². The number of hydrogen-bond acceptors (Lipinski definition) is 6. The number of hydrogen-bond donors (Lipinski definition) is 1. The van der Waals surface area contributed by atoms with E-state index in [0.29, 0.717) is 16.2 Å². The van der Waals surface area contributed by atoms with Gasteiger partial charge >= 0.3 is 11.5 Å². The molecule has 1 aromatic carbocycles. The van der Waals surface area contributed by atoms with Crippen LogP contribution < -0.4 is 14.4 Å². The number of benzene rings is 1. The van der Waals surface area contributed by atoms with Crippen LogP contribution in [0.1, 0.15) is 25.0 Å². The fourth-order valence-electron chi connectivity index (χ4n) is 3.71. The molecular formula is C19H17ClF2N4O3S. The maximum absolute atomic E-state index is 13.4. The SMILES string of the molecule is [O-][S+](Cc1nccc(N2CCCCC2)c1Cl)c1nc2c3c(ccc2[nH]1)OC(F)(F)O3. The monoisotopic (exact) mass is 454 g/mol. The summed E-state index contributed by atoms with van der Waals surface area (Å²) in [5.74, 6) is -0.258. The number of anilines is 1. The number of halogens is 3. The Bertz CT molecular complexity index is 1110. The van der Waals surface area contributed by atoms with Gasteiger partial charge in [0.05, 0.1) is 16.2 Å². The number of piperidine rings is 1. The van der Waals surface area contributed by atoms with Gasteiger partial charge in [-0.2, -0.15) is 4.98 Å². The summed E-state index contributed by atoms with van der Waals surface area (Å²) >= 11 is 4.95. The number of aromatic amines is 1. The van der Waals surface area contributed by atoms with Gasteiger partial charge in [0.1, 0.15) is 11.2 Å². The van der Waals surface area contributed by atoms with Crippen LogP contribution in [0.15, 0.2) is 29.6 Å². The lowest BCUT2D eigenvalue weighted by atomic mass is 10.1. The predicted octanol–water partition coefficient (Wildman–Crippen LogP) is 4.23. The minimum absolute atomic E-state index is 0.0377. The molecule has 4 heterocycles. The van der Waals surface area contributed by atoms with Crippen LogP contribution >= 0.6 is 11.6 Å². The van der Waals surface area contributed by atoms with Crippen molar-refractivity contribution in [3.8, 4) is 11.5 Å². The molecule has 7 nitrogen and oxygen atoms in total. The summed E-state index contributed by atoms with van der Waals surface area (Å²) in [7, 11) is 0. The molecule has 1 atom stereocenters. The molecule has 0 radical (unpaired) electrons. The molecule has 5 rings (SSSR count). The van der Waals surface area contributed by atoms with Crippen LogP contribution in [0.25, 0.3) is 11.0 Å². The van der Waals surface area contributed by atoms with Crippen molar-refractivity contribution >= 4 is 39.5 Å². The van der Waals surface area contributed by atoms with Gasteiger partial charge in [0.15, 0.2) is 11.5 Å².